The molecule has 0 amide bonds. The fourth-order valence-corrected chi connectivity index (χ4v) is 3.30. The Morgan fingerprint density at radius 1 is 0.731 bits per heavy atom. The van der Waals surface area contributed by atoms with Gasteiger partial charge in [-0.05, 0) is 5.92 Å². The molecule has 3 aliphatic rings. The molecule has 3 aliphatic carbocycles. The van der Waals surface area contributed by atoms with Gasteiger partial charge in [0.25, 0.3) is 0 Å². The molecular weight excluding hydrogens is 492 g/mol. The van der Waals surface area contributed by atoms with E-state index in [1.165, 1.54) is 83.5 Å². The second-order valence-corrected chi connectivity index (χ2v) is 9.19. The predicted molar refractivity (Wildman–Crippen MR) is 102 cm³/mol. The van der Waals surface area contributed by atoms with Crippen molar-refractivity contribution in [2.75, 3.05) is 0 Å². The Labute approximate surface area is 192 Å². The molecule has 0 aromatic heterocycles. The van der Waals surface area contributed by atoms with Crippen LogP contribution in [0, 0.1) is 31.6 Å². The number of rotatable bonds is 1. The largest absolute Gasteiger partial charge is 2.00 e. The predicted octanol–water partition coefficient (Wildman–Crippen LogP) is 7.85. The number of halogens is 2. The van der Waals surface area contributed by atoms with E-state index < -0.39 is 17.0 Å². The SMILES string of the molecule is C1CCCC1.CC1CCCC1.C[CH-]C1CCCC1.[C-]#[O+].[C-]#[O+].[Cl][Ti][Cl].[Ru+2]. The zero-order valence-corrected chi connectivity index (χ0v) is 21.2. The van der Waals surface area contributed by atoms with Crippen LogP contribution in [0.1, 0.15) is 97.3 Å². The van der Waals surface area contributed by atoms with Gasteiger partial charge in [-0.1, -0.05) is 90.4 Å². The minimum absolute atomic E-state index is 0. The molecule has 0 N–H and O–H groups in total. The third-order valence-corrected chi connectivity index (χ3v) is 4.77. The van der Waals surface area contributed by atoms with Gasteiger partial charge >= 0.3 is 77.7 Å². The van der Waals surface area contributed by atoms with Gasteiger partial charge < -0.3 is 6.42 Å². The first kappa shape index (κ1) is 34.9. The average molecular weight is 527 g/mol. The standard InChI is InChI=1S/C7H13.C6H12.C5H10.2CO.2ClH.Ru.Ti/c1-2-7-5-3-4-6-7;1-6-4-2-3-5-6;1-2-4-5-3-1;2*1-2;;;;/h2,7H,3-6H2,1H3;6H,2-5H2,1H3;1-5H2;;;2*1H;;/q-1;;;;;;;2*+2/p-2. The molecule has 152 valence electrons. The maximum Gasteiger partial charge on any atom is 2.00 e. The van der Waals surface area contributed by atoms with Crippen LogP contribution < -0.4 is 0 Å². The summed E-state index contributed by atoms with van der Waals surface area (Å²) in [4.78, 5) is 0. The van der Waals surface area contributed by atoms with E-state index in [1.807, 2.05) is 0 Å². The van der Waals surface area contributed by atoms with Crippen LogP contribution in [0.2, 0.25) is 0 Å². The van der Waals surface area contributed by atoms with Gasteiger partial charge in [0.05, 0.1) is 0 Å². The van der Waals surface area contributed by atoms with Crippen LogP contribution >= 0.6 is 18.6 Å². The average Bonchev–Trinajstić information content (AvgIpc) is 3.44. The topological polar surface area (TPSA) is 39.8 Å². The summed E-state index contributed by atoms with van der Waals surface area (Å²) >= 11 is -0.556. The second-order valence-electron chi connectivity index (χ2n) is 6.61. The first-order valence-corrected chi connectivity index (χ1v) is 13.7. The smallest absolute Gasteiger partial charge is 2.00 e. The Hall–Kier alpha value is 1.40. The van der Waals surface area contributed by atoms with Gasteiger partial charge in [0.15, 0.2) is 0 Å². The Morgan fingerprint density at radius 3 is 1.15 bits per heavy atom. The van der Waals surface area contributed by atoms with Crippen LogP contribution in [0.15, 0.2) is 0 Å². The van der Waals surface area contributed by atoms with Crippen molar-refractivity contribution < 1.29 is 45.8 Å². The molecule has 3 fully saturated rings. The molecule has 0 atom stereocenters. The molecule has 0 aromatic carbocycles. The third-order valence-electron chi connectivity index (χ3n) is 4.77. The number of hydrogen-bond donors (Lipinski definition) is 0. The van der Waals surface area contributed by atoms with Crippen LogP contribution in [0.25, 0.3) is 0 Å². The van der Waals surface area contributed by atoms with Crippen molar-refractivity contribution in [1.29, 1.82) is 0 Å². The summed E-state index contributed by atoms with van der Waals surface area (Å²) in [6.07, 6.45) is 21.6. The molecule has 0 aliphatic heterocycles. The van der Waals surface area contributed by atoms with Crippen molar-refractivity contribution in [3.63, 3.8) is 0 Å². The van der Waals surface area contributed by atoms with Gasteiger partial charge in [0, 0.05) is 0 Å². The fourth-order valence-electron chi connectivity index (χ4n) is 3.30. The zero-order valence-electron chi connectivity index (χ0n) is 16.4. The van der Waals surface area contributed by atoms with Crippen molar-refractivity contribution in [3.05, 3.63) is 19.7 Å². The molecule has 0 radical (unpaired) electrons. The van der Waals surface area contributed by atoms with E-state index in [4.69, 9.17) is 27.9 Å². The Bertz CT molecular complexity index is 249. The minimum Gasteiger partial charge on any atom is 2.00 e. The van der Waals surface area contributed by atoms with E-state index in [1.54, 1.807) is 0 Å². The molecular formula is C20H35Cl2O2RuTi+. The van der Waals surface area contributed by atoms with Gasteiger partial charge in [0.2, 0.25) is 0 Å². The van der Waals surface area contributed by atoms with E-state index in [0.29, 0.717) is 0 Å². The van der Waals surface area contributed by atoms with Gasteiger partial charge in [0.1, 0.15) is 0 Å². The summed E-state index contributed by atoms with van der Waals surface area (Å²) in [5, 5.41) is 0. The van der Waals surface area contributed by atoms with Crippen molar-refractivity contribution in [3.8, 4) is 0 Å². The molecule has 6 heteroatoms. The third kappa shape index (κ3) is 30.1. The Kier molecular flexibility index (Phi) is 45.5. The fraction of sp³-hybridized carbons (Fsp3) is 0.850. The molecule has 0 saturated heterocycles. The van der Waals surface area contributed by atoms with Crippen LogP contribution in [-0.2, 0) is 45.8 Å². The van der Waals surface area contributed by atoms with Crippen molar-refractivity contribution in [2.45, 2.75) is 97.3 Å². The second kappa shape index (κ2) is 33.9. The van der Waals surface area contributed by atoms with Crippen molar-refractivity contribution in [1.82, 2.24) is 0 Å². The first-order chi connectivity index (χ1) is 12.2. The van der Waals surface area contributed by atoms with E-state index in [0.717, 1.165) is 11.8 Å². The molecule has 2 nitrogen and oxygen atoms in total. The summed E-state index contributed by atoms with van der Waals surface area (Å²) in [6, 6.07) is 0. The zero-order chi connectivity index (χ0) is 19.8. The summed E-state index contributed by atoms with van der Waals surface area (Å²) in [5.41, 5.74) is 0. The van der Waals surface area contributed by atoms with Gasteiger partial charge in [-0.2, -0.15) is 12.8 Å². The summed E-state index contributed by atoms with van der Waals surface area (Å²) in [5.74, 6) is 2.02. The van der Waals surface area contributed by atoms with Gasteiger partial charge in [-0.25, -0.2) is 0 Å². The van der Waals surface area contributed by atoms with E-state index in [2.05, 4.69) is 33.6 Å². The maximum atomic E-state index is 7.50. The van der Waals surface area contributed by atoms with E-state index in [9.17, 15) is 0 Å². The van der Waals surface area contributed by atoms with Crippen LogP contribution in [0.5, 0.6) is 0 Å². The van der Waals surface area contributed by atoms with Crippen molar-refractivity contribution in [2.24, 2.45) is 11.8 Å². The van der Waals surface area contributed by atoms with Crippen LogP contribution in [-0.4, -0.2) is 0 Å². The number of hydrogen-bond acceptors (Lipinski definition) is 0. The molecule has 3 rings (SSSR count). The maximum absolute atomic E-state index is 7.50. The van der Waals surface area contributed by atoms with Crippen LogP contribution in [0.4, 0.5) is 0 Å². The first-order valence-electron chi connectivity index (χ1n) is 9.41. The normalized spacial score (nSPS) is 17.5. The molecule has 26 heavy (non-hydrogen) atoms. The Morgan fingerprint density at radius 2 is 1.00 bits per heavy atom. The molecule has 0 spiro atoms. The summed E-state index contributed by atoms with van der Waals surface area (Å²) < 4.78 is 15.0. The van der Waals surface area contributed by atoms with E-state index >= 15 is 0 Å². The quantitative estimate of drug-likeness (QED) is 0.189. The molecule has 0 bridgehead atoms. The van der Waals surface area contributed by atoms with Crippen molar-refractivity contribution >= 4 is 18.6 Å². The monoisotopic (exact) mass is 527 g/mol. The molecule has 0 aromatic rings. The summed E-state index contributed by atoms with van der Waals surface area (Å²) in [7, 11) is 9.78. The molecule has 3 saturated carbocycles. The van der Waals surface area contributed by atoms with Gasteiger partial charge in [-0.15, -0.1) is 0 Å². The van der Waals surface area contributed by atoms with Crippen LogP contribution in [0.3, 0.4) is 0 Å². The van der Waals surface area contributed by atoms with Gasteiger partial charge in [-0.3, -0.25) is 0 Å². The minimum atomic E-state index is -0.556. The van der Waals surface area contributed by atoms with E-state index in [-0.39, 0.29) is 19.5 Å². The summed E-state index contributed by atoms with van der Waals surface area (Å²) in [6.45, 7) is 13.5. The Balaban J connectivity index is -0.000000118. The molecule has 0 unspecified atom stereocenters. The molecule has 0 heterocycles.